The minimum Gasteiger partial charge on any atom is -0.396 e. The molecule has 0 aromatic heterocycles. The average molecular weight is 186 g/mol. The van der Waals surface area contributed by atoms with E-state index in [1.165, 1.54) is 0 Å². The van der Waals surface area contributed by atoms with Crippen LogP contribution in [0.3, 0.4) is 0 Å². The molecule has 1 aliphatic rings. The van der Waals surface area contributed by atoms with E-state index in [1.807, 2.05) is 11.9 Å². The summed E-state index contributed by atoms with van der Waals surface area (Å²) in [6.45, 7) is 4.89. The lowest BCUT2D eigenvalue weighted by Crippen LogP contribution is -2.64. The molecule has 76 valence electrons. The topological polar surface area (TPSA) is 52.6 Å². The largest absolute Gasteiger partial charge is 0.396 e. The van der Waals surface area contributed by atoms with E-state index < -0.39 is 0 Å². The highest BCUT2D eigenvalue weighted by atomic mass is 16.3. The Morgan fingerprint density at radius 1 is 1.69 bits per heavy atom. The van der Waals surface area contributed by atoms with Gasteiger partial charge in [0.1, 0.15) is 0 Å². The molecular formula is C9H18N2O2. The highest BCUT2D eigenvalue weighted by molar-refractivity contribution is 5.82. The van der Waals surface area contributed by atoms with Crippen molar-refractivity contribution >= 4 is 5.91 Å². The second kappa shape index (κ2) is 3.64. The molecule has 0 spiro atoms. The molecule has 0 saturated carbocycles. The zero-order valence-electron chi connectivity index (χ0n) is 8.50. The zero-order valence-corrected chi connectivity index (χ0v) is 8.50. The van der Waals surface area contributed by atoms with Crippen molar-refractivity contribution < 1.29 is 9.90 Å². The van der Waals surface area contributed by atoms with Crippen LogP contribution in [0.1, 0.15) is 20.3 Å². The second-order valence-electron chi connectivity index (χ2n) is 4.17. The number of nitrogens with one attached hydrogen (secondary N) is 1. The summed E-state index contributed by atoms with van der Waals surface area (Å²) in [7, 11) is 1.93. The fourth-order valence-corrected chi connectivity index (χ4v) is 1.59. The van der Waals surface area contributed by atoms with Crippen LogP contribution < -0.4 is 5.32 Å². The molecule has 1 saturated heterocycles. The van der Waals surface area contributed by atoms with E-state index in [0.717, 1.165) is 0 Å². The second-order valence-corrected chi connectivity index (χ2v) is 4.17. The molecule has 4 nitrogen and oxygen atoms in total. The van der Waals surface area contributed by atoms with E-state index >= 15 is 0 Å². The van der Waals surface area contributed by atoms with Gasteiger partial charge in [0.05, 0.1) is 6.04 Å². The van der Waals surface area contributed by atoms with E-state index in [4.69, 9.17) is 5.11 Å². The van der Waals surface area contributed by atoms with Crippen LogP contribution in [0.2, 0.25) is 0 Å². The molecule has 4 heteroatoms. The van der Waals surface area contributed by atoms with Gasteiger partial charge in [0.25, 0.3) is 0 Å². The number of piperazine rings is 1. The predicted octanol–water partition coefficient (Wildman–Crippen LogP) is -0.422. The molecular weight excluding hydrogens is 168 g/mol. The van der Waals surface area contributed by atoms with Crippen molar-refractivity contribution in [2.75, 3.05) is 20.2 Å². The van der Waals surface area contributed by atoms with Crippen molar-refractivity contribution in [1.29, 1.82) is 0 Å². The van der Waals surface area contributed by atoms with E-state index in [0.29, 0.717) is 13.0 Å². The van der Waals surface area contributed by atoms with Gasteiger partial charge in [0, 0.05) is 18.7 Å². The number of aliphatic hydroxyl groups is 1. The summed E-state index contributed by atoms with van der Waals surface area (Å²) in [5.74, 6) is 0.0240. The maximum absolute atomic E-state index is 11.4. The van der Waals surface area contributed by atoms with Gasteiger partial charge in [-0.1, -0.05) is 0 Å². The Bertz CT molecular complexity index is 204. The summed E-state index contributed by atoms with van der Waals surface area (Å²) in [5.41, 5.74) is -0.0201. The van der Waals surface area contributed by atoms with E-state index in [2.05, 4.69) is 19.2 Å². The number of hydrogen-bond acceptors (Lipinski definition) is 3. The maximum Gasteiger partial charge on any atom is 0.237 e. The van der Waals surface area contributed by atoms with Crippen LogP contribution in [0.5, 0.6) is 0 Å². The lowest BCUT2D eigenvalue weighted by molar-refractivity contribution is -0.133. The maximum atomic E-state index is 11.4. The molecule has 0 aliphatic carbocycles. The van der Waals surface area contributed by atoms with E-state index in [-0.39, 0.29) is 24.1 Å². The third-order valence-electron chi connectivity index (χ3n) is 2.82. The molecule has 0 bridgehead atoms. The van der Waals surface area contributed by atoms with Crippen molar-refractivity contribution in [3.63, 3.8) is 0 Å². The number of likely N-dealkylation sites (N-methyl/N-ethyl adjacent to an activating group) is 1. The van der Waals surface area contributed by atoms with Crippen molar-refractivity contribution in [1.82, 2.24) is 10.2 Å². The molecule has 0 aromatic carbocycles. The van der Waals surface area contributed by atoms with E-state index in [9.17, 15) is 4.79 Å². The average Bonchev–Trinajstić information content (AvgIpc) is 2.07. The van der Waals surface area contributed by atoms with Gasteiger partial charge < -0.3 is 10.4 Å². The number of amides is 1. The standard InChI is InChI=1S/C9H18N2O2/c1-9(2)6-10-8(13)7(4-5-12)11(9)3/h7,12H,4-6H2,1-3H3,(H,10,13). The van der Waals surface area contributed by atoms with Gasteiger partial charge in [-0.3, -0.25) is 9.69 Å². The van der Waals surface area contributed by atoms with Crippen LogP contribution in [-0.4, -0.2) is 47.7 Å². The van der Waals surface area contributed by atoms with Crippen LogP contribution in [0, 0.1) is 0 Å². The van der Waals surface area contributed by atoms with Crippen LogP contribution >= 0.6 is 0 Å². The van der Waals surface area contributed by atoms with Crippen molar-refractivity contribution in [3.05, 3.63) is 0 Å². The summed E-state index contributed by atoms with van der Waals surface area (Å²) in [6.07, 6.45) is 0.506. The molecule has 0 aromatic rings. The SMILES string of the molecule is CN1C(CCO)C(=O)NCC1(C)C. The molecule has 13 heavy (non-hydrogen) atoms. The molecule has 1 unspecified atom stereocenters. The minimum atomic E-state index is -0.186. The van der Waals surface area contributed by atoms with Crippen molar-refractivity contribution in [3.8, 4) is 0 Å². The predicted molar refractivity (Wildman–Crippen MR) is 50.3 cm³/mol. The Kier molecular flexibility index (Phi) is 2.93. The Morgan fingerprint density at radius 3 is 2.85 bits per heavy atom. The molecule has 1 rings (SSSR count). The molecule has 1 amide bonds. The number of hydrogen-bond donors (Lipinski definition) is 2. The van der Waals surface area contributed by atoms with Crippen molar-refractivity contribution in [2.45, 2.75) is 31.8 Å². The molecule has 1 atom stereocenters. The molecule has 2 N–H and O–H groups in total. The van der Waals surface area contributed by atoms with Gasteiger partial charge in [-0.2, -0.15) is 0 Å². The Balaban J connectivity index is 2.72. The Hall–Kier alpha value is -0.610. The lowest BCUT2D eigenvalue weighted by atomic mass is 9.95. The normalized spacial score (nSPS) is 28.6. The first kappa shape index (κ1) is 10.5. The number of nitrogens with zero attached hydrogens (tertiary/aromatic N) is 1. The fourth-order valence-electron chi connectivity index (χ4n) is 1.59. The van der Waals surface area contributed by atoms with E-state index in [1.54, 1.807) is 0 Å². The van der Waals surface area contributed by atoms with Crippen molar-refractivity contribution in [2.24, 2.45) is 0 Å². The summed E-state index contributed by atoms with van der Waals surface area (Å²) < 4.78 is 0. The molecule has 1 fully saturated rings. The Morgan fingerprint density at radius 2 is 2.31 bits per heavy atom. The number of aliphatic hydroxyl groups excluding tert-OH is 1. The summed E-state index contributed by atoms with van der Waals surface area (Å²) >= 11 is 0. The first-order chi connectivity index (χ1) is 5.99. The van der Waals surface area contributed by atoms with Gasteiger partial charge in [-0.25, -0.2) is 0 Å². The van der Waals surface area contributed by atoms with Crippen LogP contribution in [0.25, 0.3) is 0 Å². The molecule has 1 aliphatic heterocycles. The summed E-state index contributed by atoms with van der Waals surface area (Å²) in [6, 6.07) is -0.186. The van der Waals surface area contributed by atoms with Gasteiger partial charge >= 0.3 is 0 Å². The smallest absolute Gasteiger partial charge is 0.237 e. The van der Waals surface area contributed by atoms with Gasteiger partial charge in [0.2, 0.25) is 5.91 Å². The monoisotopic (exact) mass is 186 g/mol. The number of rotatable bonds is 2. The molecule has 0 radical (unpaired) electrons. The quantitative estimate of drug-likeness (QED) is 0.615. The molecule has 1 heterocycles. The number of carbonyl (C=O) groups is 1. The first-order valence-electron chi connectivity index (χ1n) is 4.60. The lowest BCUT2D eigenvalue weighted by Gasteiger charge is -2.44. The minimum absolute atomic E-state index is 0.0201. The Labute approximate surface area is 78.9 Å². The first-order valence-corrected chi connectivity index (χ1v) is 4.60. The zero-order chi connectivity index (χ0) is 10.1. The van der Waals surface area contributed by atoms with Crippen LogP contribution in [0.15, 0.2) is 0 Å². The number of carbonyl (C=O) groups excluding carboxylic acids is 1. The third-order valence-corrected chi connectivity index (χ3v) is 2.82. The highest BCUT2D eigenvalue weighted by Crippen LogP contribution is 2.20. The van der Waals surface area contributed by atoms with Gasteiger partial charge in [-0.05, 0) is 27.3 Å². The van der Waals surface area contributed by atoms with Gasteiger partial charge in [-0.15, -0.1) is 0 Å². The van der Waals surface area contributed by atoms with Crippen LogP contribution in [-0.2, 0) is 4.79 Å². The highest BCUT2D eigenvalue weighted by Gasteiger charge is 2.37. The fraction of sp³-hybridized carbons (Fsp3) is 0.889. The van der Waals surface area contributed by atoms with Crippen LogP contribution in [0.4, 0.5) is 0 Å². The summed E-state index contributed by atoms with van der Waals surface area (Å²) in [5, 5.41) is 11.7. The summed E-state index contributed by atoms with van der Waals surface area (Å²) in [4.78, 5) is 13.4. The third kappa shape index (κ3) is 2.00. The van der Waals surface area contributed by atoms with Gasteiger partial charge in [0.15, 0.2) is 0 Å².